The molecular formula is C33H43N3O2. The number of nitrogens with one attached hydrogen (secondary N) is 1. The van der Waals surface area contributed by atoms with Crippen LogP contribution in [-0.2, 0) is 23.2 Å². The lowest BCUT2D eigenvalue weighted by molar-refractivity contribution is -0.146. The van der Waals surface area contributed by atoms with Gasteiger partial charge in [0.2, 0.25) is 5.91 Å². The number of para-hydroxylation sites is 2. The molecule has 4 aliphatic rings. The number of rotatable bonds is 9. The SMILES string of the molecule is CC(C)(C)c1ccc(OCCCn2c(CCNC(=O)C34CC5CC(CC(C5)C3)C4)nc3ccccc32)cc1. The largest absolute Gasteiger partial charge is 0.494 e. The van der Waals surface area contributed by atoms with Crippen molar-refractivity contribution in [2.24, 2.45) is 23.2 Å². The van der Waals surface area contributed by atoms with E-state index >= 15 is 0 Å². The van der Waals surface area contributed by atoms with Gasteiger partial charge < -0.3 is 14.6 Å². The van der Waals surface area contributed by atoms with Crippen LogP contribution in [-0.4, -0.2) is 28.6 Å². The molecule has 0 saturated heterocycles. The summed E-state index contributed by atoms with van der Waals surface area (Å²) in [5.41, 5.74) is 3.55. The number of nitrogens with zero attached hydrogens (tertiary/aromatic N) is 2. The molecule has 3 aromatic rings. The highest BCUT2D eigenvalue weighted by Crippen LogP contribution is 2.60. The lowest BCUT2D eigenvalue weighted by Crippen LogP contribution is -2.53. The molecule has 0 atom stereocenters. The normalized spacial score (nSPS) is 26.1. The number of fused-ring (bicyclic) bond motifs is 1. The van der Waals surface area contributed by atoms with E-state index in [-0.39, 0.29) is 10.8 Å². The second-order valence-corrected chi connectivity index (χ2v) is 13.3. The molecule has 202 valence electrons. The maximum atomic E-state index is 13.4. The number of hydrogen-bond donors (Lipinski definition) is 1. The standard InChI is InChI=1S/C33H43N3O2/c1-32(2,3)26-9-11-27(12-10-26)38-16-6-15-36-29-8-5-4-7-28(29)35-30(36)13-14-34-31(37)33-20-23-17-24(21-33)19-25(18-23)22-33/h4-5,7-12,23-25H,6,13-22H2,1-3H3,(H,34,37). The topological polar surface area (TPSA) is 56.1 Å². The fourth-order valence-corrected chi connectivity index (χ4v) is 7.89. The Kier molecular flexibility index (Phi) is 6.74. The number of aryl methyl sites for hydroxylation is 1. The summed E-state index contributed by atoms with van der Waals surface area (Å²) in [7, 11) is 0. The van der Waals surface area contributed by atoms with Crippen molar-refractivity contribution in [3.8, 4) is 5.75 Å². The molecule has 4 bridgehead atoms. The molecule has 2 aromatic carbocycles. The fourth-order valence-electron chi connectivity index (χ4n) is 7.89. The third kappa shape index (κ3) is 5.09. The lowest BCUT2D eigenvalue weighted by atomic mass is 9.49. The third-order valence-electron chi connectivity index (χ3n) is 9.40. The van der Waals surface area contributed by atoms with Gasteiger partial charge in [0, 0.05) is 24.9 Å². The molecule has 1 aromatic heterocycles. The van der Waals surface area contributed by atoms with Crippen LogP contribution in [0.25, 0.3) is 11.0 Å². The first-order valence-corrected chi connectivity index (χ1v) is 14.7. The summed E-state index contributed by atoms with van der Waals surface area (Å²) in [5.74, 6) is 4.64. The number of benzene rings is 2. The van der Waals surface area contributed by atoms with Crippen molar-refractivity contribution in [2.45, 2.75) is 84.1 Å². The molecule has 1 heterocycles. The molecule has 5 heteroatoms. The van der Waals surface area contributed by atoms with Crippen molar-refractivity contribution in [1.82, 2.24) is 14.9 Å². The van der Waals surface area contributed by atoms with Crippen molar-refractivity contribution >= 4 is 16.9 Å². The minimum Gasteiger partial charge on any atom is -0.494 e. The number of imidazole rings is 1. The zero-order valence-corrected chi connectivity index (χ0v) is 23.3. The Morgan fingerprint density at radius 2 is 1.66 bits per heavy atom. The van der Waals surface area contributed by atoms with Gasteiger partial charge in [-0.1, -0.05) is 45.0 Å². The minimum absolute atomic E-state index is 0.0860. The first-order valence-electron chi connectivity index (χ1n) is 14.7. The van der Waals surface area contributed by atoms with Crippen molar-refractivity contribution < 1.29 is 9.53 Å². The van der Waals surface area contributed by atoms with Gasteiger partial charge in [-0.2, -0.15) is 0 Å². The Morgan fingerprint density at radius 1 is 1.00 bits per heavy atom. The summed E-state index contributed by atoms with van der Waals surface area (Å²) >= 11 is 0. The van der Waals surface area contributed by atoms with Gasteiger partial charge in [0.15, 0.2) is 0 Å². The van der Waals surface area contributed by atoms with Gasteiger partial charge in [-0.3, -0.25) is 4.79 Å². The summed E-state index contributed by atoms with van der Waals surface area (Å²) in [5, 5.41) is 3.35. The van der Waals surface area contributed by atoms with Crippen LogP contribution in [0, 0.1) is 23.2 Å². The highest BCUT2D eigenvalue weighted by molar-refractivity contribution is 5.83. The van der Waals surface area contributed by atoms with Gasteiger partial charge in [0.05, 0.1) is 17.6 Å². The van der Waals surface area contributed by atoms with E-state index in [2.05, 4.69) is 73.1 Å². The Labute approximate surface area is 227 Å². The molecule has 0 aliphatic heterocycles. The van der Waals surface area contributed by atoms with Crippen molar-refractivity contribution in [3.05, 3.63) is 59.9 Å². The van der Waals surface area contributed by atoms with Crippen LogP contribution in [0.15, 0.2) is 48.5 Å². The van der Waals surface area contributed by atoms with Crippen LogP contribution in [0.5, 0.6) is 5.75 Å². The third-order valence-corrected chi connectivity index (χ3v) is 9.40. The molecule has 1 amide bonds. The zero-order chi connectivity index (χ0) is 26.3. The fraction of sp³-hybridized carbons (Fsp3) is 0.576. The van der Waals surface area contributed by atoms with Crippen LogP contribution >= 0.6 is 0 Å². The van der Waals surface area contributed by atoms with E-state index in [1.54, 1.807) is 0 Å². The van der Waals surface area contributed by atoms with E-state index < -0.39 is 0 Å². The number of ether oxygens (including phenoxy) is 1. The summed E-state index contributed by atoms with van der Waals surface area (Å²) < 4.78 is 8.38. The Bertz CT molecular complexity index is 1250. The van der Waals surface area contributed by atoms with Crippen LogP contribution in [0.4, 0.5) is 0 Å². The second-order valence-electron chi connectivity index (χ2n) is 13.3. The monoisotopic (exact) mass is 513 g/mol. The lowest BCUT2D eigenvalue weighted by Gasteiger charge is -2.55. The Balaban J connectivity index is 1.06. The number of carbonyl (C=O) groups is 1. The maximum Gasteiger partial charge on any atom is 0.226 e. The van der Waals surface area contributed by atoms with Gasteiger partial charge in [-0.25, -0.2) is 4.98 Å². The van der Waals surface area contributed by atoms with E-state index in [1.807, 2.05) is 6.07 Å². The van der Waals surface area contributed by atoms with E-state index in [0.29, 0.717) is 19.1 Å². The van der Waals surface area contributed by atoms with E-state index in [0.717, 1.165) is 79.0 Å². The average molecular weight is 514 g/mol. The first kappa shape index (κ1) is 25.5. The van der Waals surface area contributed by atoms with E-state index in [1.165, 1.54) is 24.8 Å². The Morgan fingerprint density at radius 3 is 2.32 bits per heavy atom. The van der Waals surface area contributed by atoms with E-state index in [4.69, 9.17) is 9.72 Å². The average Bonchev–Trinajstić information content (AvgIpc) is 3.23. The molecule has 0 spiro atoms. The molecule has 4 fully saturated rings. The summed E-state index contributed by atoms with van der Waals surface area (Å²) in [6.45, 7) is 8.84. The maximum absolute atomic E-state index is 13.4. The van der Waals surface area contributed by atoms with Crippen molar-refractivity contribution in [1.29, 1.82) is 0 Å². The van der Waals surface area contributed by atoms with Crippen molar-refractivity contribution in [2.75, 3.05) is 13.2 Å². The highest BCUT2D eigenvalue weighted by atomic mass is 16.5. The smallest absolute Gasteiger partial charge is 0.226 e. The molecular weight excluding hydrogens is 470 g/mol. The van der Waals surface area contributed by atoms with Crippen LogP contribution in [0.2, 0.25) is 0 Å². The molecule has 4 saturated carbocycles. The molecule has 0 radical (unpaired) electrons. The molecule has 4 aliphatic carbocycles. The molecule has 1 N–H and O–H groups in total. The first-order chi connectivity index (χ1) is 18.3. The molecule has 38 heavy (non-hydrogen) atoms. The van der Waals surface area contributed by atoms with Gasteiger partial charge >= 0.3 is 0 Å². The quantitative estimate of drug-likeness (QED) is 0.325. The van der Waals surface area contributed by atoms with Gasteiger partial charge in [-0.15, -0.1) is 0 Å². The van der Waals surface area contributed by atoms with Gasteiger partial charge in [-0.05, 0) is 97.9 Å². The van der Waals surface area contributed by atoms with Crippen LogP contribution < -0.4 is 10.1 Å². The van der Waals surface area contributed by atoms with Crippen molar-refractivity contribution in [3.63, 3.8) is 0 Å². The number of amides is 1. The molecule has 5 nitrogen and oxygen atoms in total. The summed E-state index contributed by atoms with van der Waals surface area (Å²) in [4.78, 5) is 18.4. The minimum atomic E-state index is -0.0860. The predicted octanol–water partition coefficient (Wildman–Crippen LogP) is 6.68. The summed E-state index contributed by atoms with van der Waals surface area (Å²) in [6, 6.07) is 16.8. The summed E-state index contributed by atoms with van der Waals surface area (Å²) in [6.07, 6.45) is 9.08. The van der Waals surface area contributed by atoms with Crippen LogP contribution in [0.3, 0.4) is 0 Å². The Hall–Kier alpha value is -2.82. The molecule has 0 unspecified atom stereocenters. The number of hydrogen-bond acceptors (Lipinski definition) is 3. The number of carbonyl (C=O) groups excluding carboxylic acids is 1. The predicted molar refractivity (Wildman–Crippen MR) is 152 cm³/mol. The second kappa shape index (κ2) is 10.1. The van der Waals surface area contributed by atoms with Gasteiger partial charge in [0.25, 0.3) is 0 Å². The van der Waals surface area contributed by atoms with Crippen LogP contribution in [0.1, 0.15) is 77.1 Å². The zero-order valence-electron chi connectivity index (χ0n) is 23.3. The van der Waals surface area contributed by atoms with Gasteiger partial charge in [0.1, 0.15) is 11.6 Å². The molecule has 7 rings (SSSR count). The highest BCUT2D eigenvalue weighted by Gasteiger charge is 2.54. The number of aromatic nitrogens is 2. The van der Waals surface area contributed by atoms with E-state index in [9.17, 15) is 4.79 Å².